The Kier molecular flexibility index (Phi) is 26.4. The fourth-order valence-corrected chi connectivity index (χ4v) is 5.06. The van der Waals surface area contributed by atoms with Gasteiger partial charge in [0.25, 0.3) is 0 Å². The van der Waals surface area contributed by atoms with Crippen molar-refractivity contribution in [3.63, 3.8) is 0 Å². The number of esters is 3. The van der Waals surface area contributed by atoms with E-state index in [1.165, 1.54) is 38.8 Å². The number of methoxy groups -OCH3 is 2. The first-order valence-corrected chi connectivity index (χ1v) is 17.0. The fraction of sp³-hybridized carbons (Fsp3) is 0.618. The van der Waals surface area contributed by atoms with Gasteiger partial charge >= 0.3 is 17.9 Å². The van der Waals surface area contributed by atoms with Crippen molar-refractivity contribution < 1.29 is 43.3 Å². The Morgan fingerprint density at radius 2 is 1.66 bits per heavy atom. The van der Waals surface area contributed by atoms with Gasteiger partial charge in [0.2, 0.25) is 11.8 Å². The average Bonchev–Trinajstić information content (AvgIpc) is 3.06. The molecule has 0 aliphatic rings. The van der Waals surface area contributed by atoms with Crippen LogP contribution < -0.4 is 16.4 Å². The zero-order valence-electron chi connectivity index (χ0n) is 28.2. The van der Waals surface area contributed by atoms with Crippen LogP contribution in [-0.2, 0) is 38.2 Å². The first kappa shape index (κ1) is 43.4. The highest BCUT2D eigenvalue weighted by Gasteiger charge is 2.26. The number of aliphatic hydroxyl groups excluding tert-OH is 1. The van der Waals surface area contributed by atoms with Gasteiger partial charge in [0.05, 0.1) is 26.9 Å². The third-order valence-electron chi connectivity index (χ3n) is 6.51. The van der Waals surface area contributed by atoms with Crippen LogP contribution in [0, 0.1) is 11.8 Å². The van der Waals surface area contributed by atoms with Gasteiger partial charge in [0.1, 0.15) is 18.6 Å². The molecule has 0 saturated heterocycles. The molecule has 0 aromatic rings. The lowest BCUT2D eigenvalue weighted by Crippen LogP contribution is -2.50. The van der Waals surface area contributed by atoms with E-state index in [4.69, 9.17) is 10.5 Å². The van der Waals surface area contributed by atoms with E-state index in [0.717, 1.165) is 12.8 Å². The lowest BCUT2D eigenvalue weighted by atomic mass is 10.1. The summed E-state index contributed by atoms with van der Waals surface area (Å²) < 4.78 is 14.1. The van der Waals surface area contributed by atoms with Crippen molar-refractivity contribution in [1.82, 2.24) is 10.6 Å². The molecule has 47 heavy (non-hydrogen) atoms. The van der Waals surface area contributed by atoms with Gasteiger partial charge in [-0.05, 0) is 32.6 Å². The van der Waals surface area contributed by atoms with Crippen LogP contribution in [0.4, 0.5) is 0 Å². The minimum absolute atomic E-state index is 0.000986. The molecule has 264 valence electrons. The third kappa shape index (κ3) is 23.4. The molecule has 0 bridgehead atoms. The molecule has 0 rings (SSSR count). The molecule has 0 aliphatic carbocycles. The van der Waals surface area contributed by atoms with Crippen molar-refractivity contribution in [2.75, 3.05) is 33.1 Å². The highest BCUT2D eigenvalue weighted by atomic mass is 32.2. The smallest absolute Gasteiger partial charge is 0.325 e. The van der Waals surface area contributed by atoms with Crippen molar-refractivity contribution in [3.8, 4) is 11.8 Å². The van der Waals surface area contributed by atoms with Gasteiger partial charge in [-0.15, -0.1) is 17.7 Å². The molecule has 0 aromatic carbocycles. The molecule has 0 aliphatic heterocycles. The number of allylic oxidation sites excluding steroid dienone is 5. The molecule has 0 fully saturated rings. The van der Waals surface area contributed by atoms with Crippen LogP contribution in [0.25, 0.3) is 0 Å². The Hall–Kier alpha value is -3.60. The largest absolute Gasteiger partial charge is 0.468 e. The summed E-state index contributed by atoms with van der Waals surface area (Å²) in [6, 6.07) is -2.09. The maximum absolute atomic E-state index is 12.9. The SMILES string of the molecule is CCCCCC#CC\C=C/C=C/C=C/[C@@H](SC[C@H](NC(=O)CC[C@H](N)C(=O)OC)C(=O)NCC(=O)OC)[C@@H](O)CCCC(=O)OCC. The Bertz CT molecular complexity index is 1100. The van der Waals surface area contributed by atoms with Crippen LogP contribution >= 0.6 is 11.8 Å². The molecule has 0 saturated carbocycles. The van der Waals surface area contributed by atoms with Crippen molar-refractivity contribution in [2.45, 2.75) is 101 Å². The van der Waals surface area contributed by atoms with Gasteiger partial charge in [0.15, 0.2) is 0 Å². The number of hydrogen-bond acceptors (Lipinski definition) is 11. The zero-order chi connectivity index (χ0) is 35.3. The maximum atomic E-state index is 12.9. The van der Waals surface area contributed by atoms with E-state index in [0.29, 0.717) is 19.3 Å². The third-order valence-corrected chi connectivity index (χ3v) is 7.90. The number of ether oxygens (including phenoxy) is 3. The summed E-state index contributed by atoms with van der Waals surface area (Å²) in [4.78, 5) is 60.6. The second-order valence-corrected chi connectivity index (χ2v) is 11.6. The van der Waals surface area contributed by atoms with Crippen LogP contribution in [0.3, 0.4) is 0 Å². The summed E-state index contributed by atoms with van der Waals surface area (Å²) in [5, 5.41) is 15.5. The molecule has 2 amide bonds. The number of aliphatic hydroxyl groups is 1. The number of hydrogen-bond donors (Lipinski definition) is 4. The maximum Gasteiger partial charge on any atom is 0.325 e. The van der Waals surface area contributed by atoms with E-state index in [9.17, 15) is 29.1 Å². The molecule has 0 heterocycles. The number of carbonyl (C=O) groups is 5. The van der Waals surface area contributed by atoms with E-state index in [1.807, 2.05) is 18.2 Å². The van der Waals surface area contributed by atoms with Crippen LogP contribution in [0.1, 0.15) is 78.1 Å². The quantitative estimate of drug-likeness (QED) is 0.0387. The van der Waals surface area contributed by atoms with Crippen LogP contribution in [0.2, 0.25) is 0 Å². The predicted octanol–water partition coefficient (Wildman–Crippen LogP) is 2.88. The molecule has 0 spiro atoms. The highest BCUT2D eigenvalue weighted by Crippen LogP contribution is 2.22. The average molecular weight is 680 g/mol. The van der Waals surface area contributed by atoms with Crippen molar-refractivity contribution >= 4 is 41.5 Å². The Morgan fingerprint density at radius 1 is 0.915 bits per heavy atom. The first-order chi connectivity index (χ1) is 22.6. The molecule has 13 heteroatoms. The summed E-state index contributed by atoms with van der Waals surface area (Å²) in [5.74, 6) is 3.46. The second-order valence-electron chi connectivity index (χ2n) is 10.4. The van der Waals surface area contributed by atoms with Gasteiger partial charge in [-0.2, -0.15) is 0 Å². The lowest BCUT2D eigenvalue weighted by molar-refractivity contribution is -0.144. The molecule has 4 atom stereocenters. The Labute approximate surface area is 283 Å². The number of unbranched alkanes of at least 4 members (excludes halogenated alkanes) is 3. The second kappa shape index (κ2) is 28.6. The number of thioether (sulfide) groups is 1. The summed E-state index contributed by atoms with van der Waals surface area (Å²) in [6.07, 6.45) is 15.8. The van der Waals surface area contributed by atoms with Crippen molar-refractivity contribution in [3.05, 3.63) is 36.5 Å². The van der Waals surface area contributed by atoms with E-state index < -0.39 is 53.7 Å². The molecule has 5 N–H and O–H groups in total. The fourth-order valence-electron chi connectivity index (χ4n) is 3.85. The minimum atomic E-state index is -1.09. The van der Waals surface area contributed by atoms with Crippen LogP contribution in [0.5, 0.6) is 0 Å². The highest BCUT2D eigenvalue weighted by molar-refractivity contribution is 8.00. The molecular formula is C34H53N3O9S. The minimum Gasteiger partial charge on any atom is -0.468 e. The van der Waals surface area contributed by atoms with E-state index in [1.54, 1.807) is 25.2 Å². The normalized spacial score (nSPS) is 13.7. The molecular weight excluding hydrogens is 626 g/mol. The van der Waals surface area contributed by atoms with Crippen LogP contribution in [-0.4, -0.2) is 91.4 Å². The topological polar surface area (TPSA) is 183 Å². The van der Waals surface area contributed by atoms with E-state index in [-0.39, 0.29) is 37.6 Å². The first-order valence-electron chi connectivity index (χ1n) is 16.0. The van der Waals surface area contributed by atoms with Gasteiger partial charge in [-0.25, -0.2) is 0 Å². The van der Waals surface area contributed by atoms with Crippen molar-refractivity contribution in [1.29, 1.82) is 0 Å². The predicted molar refractivity (Wildman–Crippen MR) is 183 cm³/mol. The van der Waals surface area contributed by atoms with Gasteiger partial charge in [-0.3, -0.25) is 24.0 Å². The van der Waals surface area contributed by atoms with Crippen molar-refractivity contribution in [2.24, 2.45) is 5.73 Å². The number of nitrogens with one attached hydrogen (secondary N) is 2. The lowest BCUT2D eigenvalue weighted by Gasteiger charge is -2.23. The molecule has 0 aromatic heterocycles. The van der Waals surface area contributed by atoms with Gasteiger partial charge in [-0.1, -0.05) is 62.1 Å². The van der Waals surface area contributed by atoms with E-state index >= 15 is 0 Å². The molecule has 0 unspecified atom stereocenters. The van der Waals surface area contributed by atoms with Gasteiger partial charge < -0.3 is 35.7 Å². The standard InChI is InChI=1S/C34H53N3O9S/c1-5-7-8-9-10-11-12-13-14-15-16-17-20-29(28(38)19-18-21-31(40)46-6-2)47-25-27(33(42)36-24-32(41)44-3)37-30(39)23-22-26(35)34(43)45-4/h13-17,20,26-29,38H,5-9,12,18-19,21-25,35H2,1-4H3,(H,36,42)(H,37,39)/b14-13-,16-15+,20-17+/t26-,27-,28-,29+/m0/s1. The number of amides is 2. The Morgan fingerprint density at radius 3 is 2.34 bits per heavy atom. The van der Waals surface area contributed by atoms with Crippen LogP contribution in [0.15, 0.2) is 36.5 Å². The zero-order valence-corrected chi connectivity index (χ0v) is 29.0. The number of carbonyl (C=O) groups excluding carboxylic acids is 5. The summed E-state index contributed by atoms with van der Waals surface area (Å²) in [7, 11) is 2.37. The van der Waals surface area contributed by atoms with Gasteiger partial charge in [0, 0.05) is 36.7 Å². The number of rotatable bonds is 24. The molecule has 0 radical (unpaired) electrons. The molecule has 12 nitrogen and oxygen atoms in total. The number of nitrogens with two attached hydrogens (primary N) is 1. The Balaban J connectivity index is 5.57. The monoisotopic (exact) mass is 679 g/mol. The summed E-state index contributed by atoms with van der Waals surface area (Å²) >= 11 is 1.22. The summed E-state index contributed by atoms with van der Waals surface area (Å²) in [6.45, 7) is 3.75. The summed E-state index contributed by atoms with van der Waals surface area (Å²) in [5.41, 5.74) is 5.72. The van der Waals surface area contributed by atoms with E-state index in [2.05, 4.69) is 38.9 Å².